The highest BCUT2D eigenvalue weighted by molar-refractivity contribution is 7.99. The number of benzene rings is 1. The molecule has 0 aliphatic carbocycles. The summed E-state index contributed by atoms with van der Waals surface area (Å²) in [6.07, 6.45) is 0. The van der Waals surface area contributed by atoms with Crippen molar-refractivity contribution in [1.82, 2.24) is 4.90 Å². The summed E-state index contributed by atoms with van der Waals surface area (Å²) in [5.41, 5.74) is 12.8. The number of carbonyl (C=O) groups excluding carboxylic acids is 1. The second kappa shape index (κ2) is 8.00. The number of hydrogen-bond donors (Lipinski definition) is 2. The Bertz CT molecular complexity index is 367. The van der Waals surface area contributed by atoms with Crippen molar-refractivity contribution in [3.63, 3.8) is 0 Å². The molecule has 0 spiro atoms. The molecule has 0 bridgehead atoms. The maximum atomic E-state index is 11.0. The van der Waals surface area contributed by atoms with Gasteiger partial charge in [-0.15, -0.1) is 0 Å². The van der Waals surface area contributed by atoms with Crippen LogP contribution in [0, 0.1) is 0 Å². The van der Waals surface area contributed by atoms with Crippen LogP contribution in [0.4, 0.5) is 5.69 Å². The third-order valence-corrected chi connectivity index (χ3v) is 3.40. The zero-order valence-corrected chi connectivity index (χ0v) is 11.6. The topological polar surface area (TPSA) is 72.3 Å². The molecule has 0 radical (unpaired) electrons. The van der Waals surface area contributed by atoms with E-state index in [0.29, 0.717) is 6.54 Å². The lowest BCUT2D eigenvalue weighted by Crippen LogP contribution is -2.34. The van der Waals surface area contributed by atoms with Crippen molar-refractivity contribution < 1.29 is 4.79 Å². The number of primary amides is 1. The van der Waals surface area contributed by atoms with Gasteiger partial charge in [0.15, 0.2) is 0 Å². The van der Waals surface area contributed by atoms with Crippen molar-refractivity contribution >= 4 is 23.4 Å². The smallest absolute Gasteiger partial charge is 0.231 e. The van der Waals surface area contributed by atoms with Crippen molar-refractivity contribution in [3.8, 4) is 0 Å². The summed E-state index contributed by atoms with van der Waals surface area (Å²) >= 11 is 1.86. The van der Waals surface area contributed by atoms with E-state index in [-0.39, 0.29) is 5.91 Å². The average Bonchev–Trinajstić information content (AvgIpc) is 2.31. The summed E-state index contributed by atoms with van der Waals surface area (Å²) in [6.45, 7) is 4.02. The van der Waals surface area contributed by atoms with Crippen molar-refractivity contribution in [2.75, 3.05) is 30.3 Å². The monoisotopic (exact) mass is 267 g/mol. The first-order chi connectivity index (χ1) is 8.61. The molecule has 0 atom stereocenters. The molecule has 0 aromatic heterocycles. The number of amides is 1. The molecule has 1 amide bonds. The minimum atomic E-state index is -0.285. The van der Waals surface area contributed by atoms with Crippen LogP contribution < -0.4 is 11.5 Å². The first kappa shape index (κ1) is 14.9. The van der Waals surface area contributed by atoms with Gasteiger partial charge in [0.25, 0.3) is 0 Å². The fourth-order valence-electron chi connectivity index (χ4n) is 1.65. The molecule has 1 aromatic rings. The highest BCUT2D eigenvalue weighted by atomic mass is 32.2. The Hall–Kier alpha value is -1.20. The molecule has 1 aromatic carbocycles. The normalized spacial score (nSPS) is 10.8. The summed E-state index contributed by atoms with van der Waals surface area (Å²) in [5.74, 6) is 1.82. The molecule has 5 heteroatoms. The number of thioether (sulfide) groups is 1. The Morgan fingerprint density at radius 1 is 1.33 bits per heavy atom. The van der Waals surface area contributed by atoms with E-state index >= 15 is 0 Å². The molecule has 4 N–H and O–H groups in total. The van der Waals surface area contributed by atoms with Crippen molar-refractivity contribution in [3.05, 3.63) is 29.8 Å². The third kappa shape index (κ3) is 5.93. The molecular formula is C13H21N3OS. The van der Waals surface area contributed by atoms with Gasteiger partial charge in [0.2, 0.25) is 5.91 Å². The van der Waals surface area contributed by atoms with Gasteiger partial charge in [0, 0.05) is 24.5 Å². The number of nitrogen functional groups attached to an aromatic ring is 1. The van der Waals surface area contributed by atoms with Gasteiger partial charge in [-0.1, -0.05) is 19.1 Å². The molecule has 0 fully saturated rings. The Balaban J connectivity index is 2.53. The van der Waals surface area contributed by atoms with Crippen LogP contribution in [-0.4, -0.2) is 35.4 Å². The summed E-state index contributed by atoms with van der Waals surface area (Å²) in [5, 5.41) is 0. The Morgan fingerprint density at radius 3 is 2.56 bits per heavy atom. The number of rotatable bonds is 8. The lowest BCUT2D eigenvalue weighted by atomic mass is 10.2. The van der Waals surface area contributed by atoms with Crippen LogP contribution in [0.1, 0.15) is 12.5 Å². The van der Waals surface area contributed by atoms with Crippen molar-refractivity contribution in [1.29, 1.82) is 0 Å². The minimum absolute atomic E-state index is 0.285. The van der Waals surface area contributed by atoms with E-state index in [1.807, 2.05) is 36.0 Å². The lowest BCUT2D eigenvalue weighted by Gasteiger charge is -2.20. The summed E-state index contributed by atoms with van der Waals surface area (Å²) in [4.78, 5) is 13.1. The van der Waals surface area contributed by atoms with Gasteiger partial charge in [0.05, 0.1) is 6.54 Å². The summed E-state index contributed by atoms with van der Waals surface area (Å²) < 4.78 is 0. The largest absolute Gasteiger partial charge is 0.399 e. The fourth-order valence-corrected chi connectivity index (χ4v) is 2.33. The average molecular weight is 267 g/mol. The van der Waals surface area contributed by atoms with Crippen LogP contribution in [0.15, 0.2) is 24.3 Å². The fraction of sp³-hybridized carbons (Fsp3) is 0.462. The minimum Gasteiger partial charge on any atom is -0.399 e. The van der Waals surface area contributed by atoms with E-state index < -0.39 is 0 Å². The Labute approximate surface area is 113 Å². The molecular weight excluding hydrogens is 246 g/mol. The quantitative estimate of drug-likeness (QED) is 0.550. The second-order valence-corrected chi connectivity index (χ2v) is 5.51. The molecule has 0 heterocycles. The summed E-state index contributed by atoms with van der Waals surface area (Å²) in [7, 11) is 0. The van der Waals surface area contributed by atoms with Gasteiger partial charge in [0.1, 0.15) is 0 Å². The van der Waals surface area contributed by atoms with Crippen LogP contribution in [0.2, 0.25) is 0 Å². The first-order valence-electron chi connectivity index (χ1n) is 6.04. The molecule has 0 saturated carbocycles. The number of anilines is 1. The third-order valence-electron chi connectivity index (χ3n) is 2.52. The number of nitrogens with two attached hydrogens (primary N) is 2. The molecule has 0 unspecified atom stereocenters. The predicted molar refractivity (Wildman–Crippen MR) is 78.3 cm³/mol. The zero-order chi connectivity index (χ0) is 13.4. The van der Waals surface area contributed by atoms with E-state index in [2.05, 4.69) is 11.8 Å². The van der Waals surface area contributed by atoms with E-state index in [4.69, 9.17) is 11.5 Å². The van der Waals surface area contributed by atoms with E-state index in [1.165, 1.54) is 0 Å². The maximum Gasteiger partial charge on any atom is 0.231 e. The lowest BCUT2D eigenvalue weighted by molar-refractivity contribution is -0.119. The first-order valence-corrected chi connectivity index (χ1v) is 7.20. The van der Waals surface area contributed by atoms with Gasteiger partial charge >= 0.3 is 0 Å². The molecule has 100 valence electrons. The second-order valence-electron chi connectivity index (χ2n) is 4.12. The van der Waals surface area contributed by atoms with Gasteiger partial charge in [-0.25, -0.2) is 0 Å². The van der Waals surface area contributed by atoms with Crippen LogP contribution >= 0.6 is 11.8 Å². The maximum absolute atomic E-state index is 11.0. The number of carbonyl (C=O) groups is 1. The Kier molecular flexibility index (Phi) is 6.60. The molecule has 0 aliphatic rings. The highest BCUT2D eigenvalue weighted by Gasteiger charge is 2.08. The van der Waals surface area contributed by atoms with Crippen LogP contribution in [0.3, 0.4) is 0 Å². The van der Waals surface area contributed by atoms with E-state index in [9.17, 15) is 4.79 Å². The molecule has 18 heavy (non-hydrogen) atoms. The molecule has 0 aliphatic heterocycles. The van der Waals surface area contributed by atoms with Crippen molar-refractivity contribution in [2.24, 2.45) is 5.73 Å². The SMILES string of the molecule is CCSCCN(CC(N)=O)Cc1ccc(N)cc1. The van der Waals surface area contributed by atoms with Crippen LogP contribution in [0.5, 0.6) is 0 Å². The van der Waals surface area contributed by atoms with Crippen LogP contribution in [0.25, 0.3) is 0 Å². The molecule has 0 saturated heterocycles. The Morgan fingerprint density at radius 2 is 2.00 bits per heavy atom. The van der Waals surface area contributed by atoms with Gasteiger partial charge in [-0.3, -0.25) is 9.69 Å². The van der Waals surface area contributed by atoms with E-state index in [1.54, 1.807) is 0 Å². The van der Waals surface area contributed by atoms with E-state index in [0.717, 1.165) is 35.8 Å². The van der Waals surface area contributed by atoms with Gasteiger partial charge in [-0.2, -0.15) is 11.8 Å². The van der Waals surface area contributed by atoms with Crippen LogP contribution in [-0.2, 0) is 11.3 Å². The molecule has 4 nitrogen and oxygen atoms in total. The van der Waals surface area contributed by atoms with Gasteiger partial charge < -0.3 is 11.5 Å². The number of nitrogens with zero attached hydrogens (tertiary/aromatic N) is 1. The highest BCUT2D eigenvalue weighted by Crippen LogP contribution is 2.09. The zero-order valence-electron chi connectivity index (χ0n) is 10.8. The standard InChI is InChI=1S/C13H21N3OS/c1-2-18-8-7-16(10-13(15)17)9-11-3-5-12(14)6-4-11/h3-6H,2,7-10,14H2,1H3,(H2,15,17). The number of hydrogen-bond acceptors (Lipinski definition) is 4. The molecule has 1 rings (SSSR count). The van der Waals surface area contributed by atoms with Gasteiger partial charge in [-0.05, 0) is 23.4 Å². The van der Waals surface area contributed by atoms with Crippen molar-refractivity contribution in [2.45, 2.75) is 13.5 Å². The summed E-state index contributed by atoms with van der Waals surface area (Å²) in [6, 6.07) is 7.71. The predicted octanol–water partition coefficient (Wildman–Crippen LogP) is 1.31.